The zero-order valence-corrected chi connectivity index (χ0v) is 10.2. The number of hydrogen-bond acceptors (Lipinski definition) is 1. The van der Waals surface area contributed by atoms with E-state index in [0.29, 0.717) is 17.9 Å². The molecule has 0 saturated carbocycles. The Labute approximate surface area is 98.8 Å². The first-order valence-electron chi connectivity index (χ1n) is 6.14. The topological polar surface area (TPSA) is 3.24 Å². The van der Waals surface area contributed by atoms with Gasteiger partial charge in [-0.2, -0.15) is 0 Å². The van der Waals surface area contributed by atoms with Crippen molar-refractivity contribution in [3.8, 4) is 0 Å². The molecule has 0 unspecified atom stereocenters. The van der Waals surface area contributed by atoms with Crippen LogP contribution in [-0.4, -0.2) is 25.0 Å². The van der Waals surface area contributed by atoms with Crippen LogP contribution in [0.25, 0.3) is 0 Å². The predicted octanol–water partition coefficient (Wildman–Crippen LogP) is 3.18. The van der Waals surface area contributed by atoms with Crippen LogP contribution >= 0.6 is 0 Å². The molecule has 16 heavy (non-hydrogen) atoms. The van der Waals surface area contributed by atoms with Gasteiger partial charge in [0.1, 0.15) is 0 Å². The lowest BCUT2D eigenvalue weighted by atomic mass is 9.92. The molecule has 0 radical (unpaired) electrons. The molecule has 1 atom stereocenters. The second-order valence-electron chi connectivity index (χ2n) is 4.89. The summed E-state index contributed by atoms with van der Waals surface area (Å²) >= 11 is 0. The molecule has 2 rings (SSSR count). The predicted molar refractivity (Wildman–Crippen MR) is 70.2 cm³/mol. The van der Waals surface area contributed by atoms with Crippen LogP contribution in [0.2, 0.25) is 0 Å². The van der Waals surface area contributed by atoms with Crippen molar-refractivity contribution in [1.29, 1.82) is 0 Å². The van der Waals surface area contributed by atoms with Gasteiger partial charge >= 0.3 is 0 Å². The van der Waals surface area contributed by atoms with Crippen molar-refractivity contribution in [2.45, 2.75) is 18.9 Å². The maximum Gasteiger partial charge on any atom is 0.0187 e. The largest absolute Gasteiger partial charge is 0.306 e. The maximum absolute atomic E-state index is 2.35. The molecule has 0 aromatic carbocycles. The van der Waals surface area contributed by atoms with Crippen molar-refractivity contribution in [3.05, 3.63) is 48.6 Å². The molecular weight excluding hydrogens is 194 g/mol. The van der Waals surface area contributed by atoms with Gasteiger partial charge in [-0.15, -0.1) is 0 Å². The van der Waals surface area contributed by atoms with Crippen molar-refractivity contribution in [1.82, 2.24) is 4.90 Å². The highest BCUT2D eigenvalue weighted by Gasteiger charge is 2.21. The first kappa shape index (κ1) is 11.4. The molecule has 2 aliphatic carbocycles. The lowest BCUT2D eigenvalue weighted by molar-refractivity contribution is 0.240. The van der Waals surface area contributed by atoms with Gasteiger partial charge < -0.3 is 4.90 Å². The van der Waals surface area contributed by atoms with Crippen LogP contribution in [0.15, 0.2) is 48.6 Å². The van der Waals surface area contributed by atoms with Crippen LogP contribution in [0.1, 0.15) is 12.8 Å². The van der Waals surface area contributed by atoms with Gasteiger partial charge in [0.15, 0.2) is 0 Å². The Bertz CT molecular complexity index is 309. The summed E-state index contributed by atoms with van der Waals surface area (Å²) < 4.78 is 0. The molecule has 1 nitrogen and oxygen atoms in total. The summed E-state index contributed by atoms with van der Waals surface area (Å²) in [5, 5.41) is 0. The summed E-state index contributed by atoms with van der Waals surface area (Å²) in [5.74, 6) is 1.26. The molecule has 0 aliphatic heterocycles. The van der Waals surface area contributed by atoms with E-state index in [2.05, 4.69) is 67.6 Å². The third-order valence-electron chi connectivity index (χ3n) is 3.51. The van der Waals surface area contributed by atoms with Gasteiger partial charge in [0, 0.05) is 12.0 Å². The lowest BCUT2D eigenvalue weighted by Gasteiger charge is -2.28. The van der Waals surface area contributed by atoms with Gasteiger partial charge in [-0.05, 0) is 32.9 Å². The smallest absolute Gasteiger partial charge is 0.0187 e. The molecule has 0 spiro atoms. The molecule has 0 N–H and O–H groups in total. The minimum absolute atomic E-state index is 0.601. The van der Waals surface area contributed by atoms with E-state index in [0.717, 1.165) is 0 Å². The molecule has 0 amide bonds. The fraction of sp³-hybridized carbons (Fsp3) is 0.467. The number of rotatable bonds is 5. The Hall–Kier alpha value is -1.08. The average Bonchev–Trinajstić information content (AvgIpc) is 2.88. The SMILES string of the molecule is CN(C)[C@H](CCC1C=CC=C1)C1C=CC=C1. The van der Waals surface area contributed by atoms with Crippen LogP contribution in [0.4, 0.5) is 0 Å². The number of allylic oxidation sites excluding steroid dienone is 6. The summed E-state index contributed by atoms with van der Waals surface area (Å²) in [7, 11) is 4.37. The van der Waals surface area contributed by atoms with Gasteiger partial charge in [0.2, 0.25) is 0 Å². The Balaban J connectivity index is 1.87. The maximum atomic E-state index is 2.35. The zero-order valence-electron chi connectivity index (χ0n) is 10.2. The first-order valence-corrected chi connectivity index (χ1v) is 6.14. The summed E-state index contributed by atoms with van der Waals surface area (Å²) in [6, 6.07) is 0.636. The molecule has 0 saturated heterocycles. The van der Waals surface area contributed by atoms with Gasteiger partial charge in [0.25, 0.3) is 0 Å². The molecular formula is C15H21N. The van der Waals surface area contributed by atoms with E-state index in [9.17, 15) is 0 Å². The van der Waals surface area contributed by atoms with Crippen LogP contribution in [0.3, 0.4) is 0 Å². The van der Waals surface area contributed by atoms with Crippen molar-refractivity contribution < 1.29 is 0 Å². The fourth-order valence-corrected chi connectivity index (χ4v) is 2.53. The quantitative estimate of drug-likeness (QED) is 0.681. The van der Waals surface area contributed by atoms with Crippen LogP contribution in [-0.2, 0) is 0 Å². The summed E-state index contributed by atoms with van der Waals surface area (Å²) in [6.07, 6.45) is 20.4. The normalized spacial score (nSPS) is 21.7. The van der Waals surface area contributed by atoms with Crippen LogP contribution < -0.4 is 0 Å². The average molecular weight is 215 g/mol. The minimum atomic E-state index is 0.601. The molecule has 86 valence electrons. The Morgan fingerprint density at radius 3 is 2.06 bits per heavy atom. The first-order chi connectivity index (χ1) is 7.77. The van der Waals surface area contributed by atoms with Crippen molar-refractivity contribution in [3.63, 3.8) is 0 Å². The second kappa shape index (κ2) is 5.31. The van der Waals surface area contributed by atoms with Gasteiger partial charge in [-0.25, -0.2) is 0 Å². The number of hydrogen-bond donors (Lipinski definition) is 0. The number of nitrogens with zero attached hydrogens (tertiary/aromatic N) is 1. The van der Waals surface area contributed by atoms with E-state index >= 15 is 0 Å². The van der Waals surface area contributed by atoms with E-state index < -0.39 is 0 Å². The highest BCUT2D eigenvalue weighted by molar-refractivity contribution is 5.20. The molecule has 0 fully saturated rings. The van der Waals surface area contributed by atoms with Crippen molar-refractivity contribution in [2.24, 2.45) is 11.8 Å². The van der Waals surface area contributed by atoms with Gasteiger partial charge in [0.05, 0.1) is 0 Å². The van der Waals surface area contributed by atoms with Crippen molar-refractivity contribution in [2.75, 3.05) is 14.1 Å². The Kier molecular flexibility index (Phi) is 3.79. The molecule has 0 bridgehead atoms. The van der Waals surface area contributed by atoms with E-state index in [1.807, 2.05) is 0 Å². The van der Waals surface area contributed by atoms with Gasteiger partial charge in [-0.1, -0.05) is 48.6 Å². The Morgan fingerprint density at radius 2 is 1.50 bits per heavy atom. The molecule has 2 aliphatic rings. The highest BCUT2D eigenvalue weighted by Crippen LogP contribution is 2.24. The molecule has 1 heteroatoms. The standard InChI is InChI=1S/C15H21N/c1-16(2)15(14-9-5-6-10-14)12-11-13-7-3-4-8-13/h3-10,13-15H,11-12H2,1-2H3/t15-/m1/s1. The fourth-order valence-electron chi connectivity index (χ4n) is 2.53. The third-order valence-corrected chi connectivity index (χ3v) is 3.51. The van der Waals surface area contributed by atoms with Gasteiger partial charge in [-0.3, -0.25) is 0 Å². The van der Waals surface area contributed by atoms with E-state index in [4.69, 9.17) is 0 Å². The summed E-state index contributed by atoms with van der Waals surface area (Å²) in [4.78, 5) is 2.35. The van der Waals surface area contributed by atoms with E-state index in [-0.39, 0.29) is 0 Å². The monoisotopic (exact) mass is 215 g/mol. The van der Waals surface area contributed by atoms with E-state index in [1.54, 1.807) is 0 Å². The molecule has 0 aromatic rings. The Morgan fingerprint density at radius 1 is 0.938 bits per heavy atom. The second-order valence-corrected chi connectivity index (χ2v) is 4.89. The summed E-state index contributed by atoms with van der Waals surface area (Å²) in [6.45, 7) is 0. The van der Waals surface area contributed by atoms with E-state index in [1.165, 1.54) is 12.8 Å². The van der Waals surface area contributed by atoms with Crippen LogP contribution in [0.5, 0.6) is 0 Å². The highest BCUT2D eigenvalue weighted by atomic mass is 15.1. The third kappa shape index (κ3) is 2.73. The lowest BCUT2D eigenvalue weighted by Crippen LogP contribution is -2.33. The summed E-state index contributed by atoms with van der Waals surface area (Å²) in [5.41, 5.74) is 0. The van der Waals surface area contributed by atoms with Crippen LogP contribution in [0, 0.1) is 11.8 Å². The zero-order chi connectivity index (χ0) is 11.4. The molecule has 0 heterocycles. The minimum Gasteiger partial charge on any atom is -0.306 e. The molecule has 0 aromatic heterocycles. The van der Waals surface area contributed by atoms with Crippen molar-refractivity contribution >= 4 is 0 Å².